The van der Waals surface area contributed by atoms with Gasteiger partial charge < -0.3 is 0 Å². The van der Waals surface area contributed by atoms with E-state index < -0.39 is 0 Å². The summed E-state index contributed by atoms with van der Waals surface area (Å²) in [6, 6.07) is 0. The highest BCUT2D eigenvalue weighted by atomic mass is 15.2. The van der Waals surface area contributed by atoms with Gasteiger partial charge in [0.2, 0.25) is 0 Å². The second-order valence-corrected chi connectivity index (χ2v) is 4.33. The quantitative estimate of drug-likeness (QED) is 0.645. The van der Waals surface area contributed by atoms with Crippen LogP contribution >= 0.6 is 0 Å². The minimum absolute atomic E-state index is 0.528. The zero-order valence-corrected chi connectivity index (χ0v) is 9.60. The Morgan fingerprint density at radius 1 is 0.846 bits per heavy atom. The Morgan fingerprint density at radius 2 is 1.31 bits per heavy atom. The van der Waals surface area contributed by atoms with Crippen molar-refractivity contribution in [3.05, 3.63) is 0 Å². The summed E-state index contributed by atoms with van der Waals surface area (Å²) in [7, 11) is 0. The van der Waals surface area contributed by atoms with E-state index in [1.165, 1.54) is 51.6 Å². The van der Waals surface area contributed by atoms with Crippen molar-refractivity contribution in [1.29, 1.82) is 0 Å². The van der Waals surface area contributed by atoms with E-state index in [2.05, 4.69) is 25.7 Å². The van der Waals surface area contributed by atoms with Crippen LogP contribution in [0.25, 0.3) is 0 Å². The molecule has 1 heteroatoms. The van der Waals surface area contributed by atoms with Crippen LogP contribution in [0.5, 0.6) is 0 Å². The molecule has 1 fully saturated rings. The summed E-state index contributed by atoms with van der Waals surface area (Å²) in [5, 5.41) is 0. The van der Waals surface area contributed by atoms with Crippen molar-refractivity contribution in [2.24, 2.45) is 0 Å². The summed E-state index contributed by atoms with van der Waals surface area (Å²) in [4.78, 5) is 2.75. The molecule has 78 valence electrons. The average molecular weight is 183 g/mol. The van der Waals surface area contributed by atoms with Gasteiger partial charge in [0.25, 0.3) is 0 Å². The molecule has 0 aromatic carbocycles. The molecule has 1 aliphatic heterocycles. The molecule has 0 atom stereocenters. The lowest BCUT2D eigenvalue weighted by molar-refractivity contribution is 0.0546. The first-order valence-electron chi connectivity index (χ1n) is 6.04. The van der Waals surface area contributed by atoms with Gasteiger partial charge in [0.05, 0.1) is 0 Å². The second kappa shape index (κ2) is 4.99. The predicted molar refractivity (Wildman–Crippen MR) is 59.0 cm³/mol. The minimum atomic E-state index is 0.528. The van der Waals surface area contributed by atoms with Crippen molar-refractivity contribution in [2.75, 3.05) is 13.1 Å². The Hall–Kier alpha value is -0.0400. The molecule has 1 heterocycles. The Morgan fingerprint density at radius 3 is 1.69 bits per heavy atom. The van der Waals surface area contributed by atoms with Gasteiger partial charge in [-0.15, -0.1) is 0 Å². The summed E-state index contributed by atoms with van der Waals surface area (Å²) in [5.74, 6) is 0. The number of hydrogen-bond donors (Lipinski definition) is 0. The van der Waals surface area contributed by atoms with Crippen LogP contribution in [0, 0.1) is 0 Å². The Balaban J connectivity index is 2.60. The van der Waals surface area contributed by atoms with Gasteiger partial charge in [0, 0.05) is 5.54 Å². The molecule has 0 bridgehead atoms. The number of likely N-dealkylation sites (tertiary alicyclic amines) is 1. The van der Waals surface area contributed by atoms with Crippen molar-refractivity contribution in [1.82, 2.24) is 4.90 Å². The van der Waals surface area contributed by atoms with E-state index in [0.29, 0.717) is 5.54 Å². The Kier molecular flexibility index (Phi) is 4.24. The SMILES string of the molecule is CCC(CC)(CC)N1CCCCC1. The van der Waals surface area contributed by atoms with Gasteiger partial charge in [-0.3, -0.25) is 4.90 Å². The van der Waals surface area contributed by atoms with E-state index in [1.807, 2.05) is 0 Å². The normalized spacial score (nSPS) is 20.5. The fraction of sp³-hybridized carbons (Fsp3) is 1.00. The maximum Gasteiger partial charge on any atom is 0.0201 e. The zero-order valence-electron chi connectivity index (χ0n) is 9.60. The molecule has 0 aromatic heterocycles. The van der Waals surface area contributed by atoms with E-state index in [4.69, 9.17) is 0 Å². The molecule has 0 saturated carbocycles. The highest BCUT2D eigenvalue weighted by Crippen LogP contribution is 2.30. The molecule has 0 N–H and O–H groups in total. The predicted octanol–water partition coefficient (Wildman–Crippen LogP) is 3.44. The number of hydrogen-bond acceptors (Lipinski definition) is 1. The molecule has 0 unspecified atom stereocenters. The molecule has 0 amide bonds. The first-order valence-corrected chi connectivity index (χ1v) is 6.04. The number of rotatable bonds is 4. The lowest BCUT2D eigenvalue weighted by Crippen LogP contribution is -2.49. The van der Waals surface area contributed by atoms with Crippen LogP contribution in [0.2, 0.25) is 0 Å². The number of piperidine rings is 1. The van der Waals surface area contributed by atoms with E-state index in [-0.39, 0.29) is 0 Å². The maximum atomic E-state index is 2.75. The van der Waals surface area contributed by atoms with Crippen LogP contribution in [0.4, 0.5) is 0 Å². The molecular formula is C12H25N. The van der Waals surface area contributed by atoms with Crippen molar-refractivity contribution in [3.63, 3.8) is 0 Å². The van der Waals surface area contributed by atoms with E-state index in [1.54, 1.807) is 0 Å². The van der Waals surface area contributed by atoms with Crippen LogP contribution in [0.3, 0.4) is 0 Å². The van der Waals surface area contributed by atoms with Gasteiger partial charge >= 0.3 is 0 Å². The third-order valence-electron chi connectivity index (χ3n) is 4.00. The van der Waals surface area contributed by atoms with Gasteiger partial charge in [-0.05, 0) is 45.2 Å². The molecule has 1 aliphatic rings. The first-order chi connectivity index (χ1) is 6.29. The smallest absolute Gasteiger partial charge is 0.0201 e. The third kappa shape index (κ3) is 2.25. The molecule has 1 saturated heterocycles. The van der Waals surface area contributed by atoms with Crippen molar-refractivity contribution >= 4 is 0 Å². The highest BCUT2D eigenvalue weighted by molar-refractivity contribution is 4.88. The zero-order chi connectivity index (χ0) is 9.73. The summed E-state index contributed by atoms with van der Waals surface area (Å²) in [6.07, 6.45) is 8.24. The van der Waals surface area contributed by atoms with E-state index >= 15 is 0 Å². The Labute approximate surface area is 83.5 Å². The van der Waals surface area contributed by atoms with Crippen LogP contribution in [-0.2, 0) is 0 Å². The summed E-state index contributed by atoms with van der Waals surface area (Å²) < 4.78 is 0. The third-order valence-corrected chi connectivity index (χ3v) is 4.00. The second-order valence-electron chi connectivity index (χ2n) is 4.33. The van der Waals surface area contributed by atoms with Gasteiger partial charge in [-0.2, -0.15) is 0 Å². The average Bonchev–Trinajstić information content (AvgIpc) is 2.23. The number of nitrogens with zero attached hydrogens (tertiary/aromatic N) is 1. The van der Waals surface area contributed by atoms with Crippen molar-refractivity contribution in [2.45, 2.75) is 64.8 Å². The van der Waals surface area contributed by atoms with Gasteiger partial charge in [0.1, 0.15) is 0 Å². The van der Waals surface area contributed by atoms with Gasteiger partial charge in [-0.1, -0.05) is 27.2 Å². The monoisotopic (exact) mass is 183 g/mol. The molecule has 0 radical (unpaired) electrons. The van der Waals surface area contributed by atoms with Gasteiger partial charge in [0.15, 0.2) is 0 Å². The van der Waals surface area contributed by atoms with Crippen LogP contribution < -0.4 is 0 Å². The standard InChI is InChI=1S/C12H25N/c1-4-12(5-2,6-3)13-10-8-7-9-11-13/h4-11H2,1-3H3. The topological polar surface area (TPSA) is 3.24 Å². The van der Waals surface area contributed by atoms with Crippen molar-refractivity contribution < 1.29 is 0 Å². The first kappa shape index (κ1) is 11.0. The fourth-order valence-electron chi connectivity index (χ4n) is 2.79. The maximum absolute atomic E-state index is 2.75. The molecular weight excluding hydrogens is 158 g/mol. The highest BCUT2D eigenvalue weighted by Gasteiger charge is 2.31. The molecule has 1 rings (SSSR count). The van der Waals surface area contributed by atoms with Crippen molar-refractivity contribution in [3.8, 4) is 0 Å². The molecule has 0 spiro atoms. The molecule has 0 aromatic rings. The largest absolute Gasteiger partial charge is 0.298 e. The molecule has 13 heavy (non-hydrogen) atoms. The lowest BCUT2D eigenvalue weighted by Gasteiger charge is -2.45. The summed E-state index contributed by atoms with van der Waals surface area (Å²) >= 11 is 0. The lowest BCUT2D eigenvalue weighted by atomic mass is 9.86. The summed E-state index contributed by atoms with van der Waals surface area (Å²) in [5.41, 5.74) is 0.528. The van der Waals surface area contributed by atoms with Gasteiger partial charge in [-0.25, -0.2) is 0 Å². The van der Waals surface area contributed by atoms with Crippen LogP contribution in [0.1, 0.15) is 59.3 Å². The molecule has 0 aliphatic carbocycles. The Bertz CT molecular complexity index is 124. The van der Waals surface area contributed by atoms with E-state index in [0.717, 1.165) is 0 Å². The van der Waals surface area contributed by atoms with Crippen LogP contribution in [0.15, 0.2) is 0 Å². The molecule has 1 nitrogen and oxygen atoms in total. The fourth-order valence-corrected chi connectivity index (χ4v) is 2.79. The van der Waals surface area contributed by atoms with Crippen LogP contribution in [-0.4, -0.2) is 23.5 Å². The van der Waals surface area contributed by atoms with E-state index in [9.17, 15) is 0 Å². The minimum Gasteiger partial charge on any atom is -0.298 e. The summed E-state index contributed by atoms with van der Waals surface area (Å²) in [6.45, 7) is 9.73.